The Hall–Kier alpha value is -3.00. The molecule has 0 saturated carbocycles. The summed E-state index contributed by atoms with van der Waals surface area (Å²) in [4.78, 5) is 26.6. The van der Waals surface area contributed by atoms with E-state index in [2.05, 4.69) is 15.5 Å². The summed E-state index contributed by atoms with van der Waals surface area (Å²) in [5, 5.41) is 3.89. The quantitative estimate of drug-likeness (QED) is 0.584. The lowest BCUT2D eigenvalue weighted by Gasteiger charge is -2.02. The van der Waals surface area contributed by atoms with Crippen LogP contribution in [0, 0.1) is 0 Å². The number of methoxy groups -OCH3 is 1. The number of hydrazone groups is 1. The maximum Gasteiger partial charge on any atom is 0.396 e. The number of pyridine rings is 1. The summed E-state index contributed by atoms with van der Waals surface area (Å²) in [6, 6.07) is 6.69. The number of fused-ring (bicyclic) bond motifs is 1. The molecule has 0 spiro atoms. The molecule has 3 rings (SSSR count). The van der Waals surface area contributed by atoms with Crippen LogP contribution in [0.2, 0.25) is 0 Å². The lowest BCUT2D eigenvalue weighted by Crippen LogP contribution is -2.17. The summed E-state index contributed by atoms with van der Waals surface area (Å²) in [5.74, 6) is 0.0660. The van der Waals surface area contributed by atoms with Gasteiger partial charge in [-0.1, -0.05) is 11.3 Å². The van der Waals surface area contributed by atoms with Crippen LogP contribution in [0.25, 0.3) is 10.3 Å². The molecule has 1 N–H and O–H groups in total. The van der Waals surface area contributed by atoms with Crippen LogP contribution in [0.1, 0.15) is 15.9 Å². The van der Waals surface area contributed by atoms with Crippen molar-refractivity contribution >= 4 is 33.7 Å². The predicted molar refractivity (Wildman–Crippen MR) is 86.2 cm³/mol. The van der Waals surface area contributed by atoms with E-state index < -0.39 is 4.94 Å². The predicted octanol–water partition coefficient (Wildman–Crippen LogP) is 2.02. The summed E-state index contributed by atoms with van der Waals surface area (Å²) in [5.41, 5.74) is 3.88. The smallest absolute Gasteiger partial charge is 0.396 e. The third-order valence-electron chi connectivity index (χ3n) is 2.95. The van der Waals surface area contributed by atoms with Crippen LogP contribution in [-0.4, -0.2) is 24.2 Å². The van der Waals surface area contributed by atoms with Crippen LogP contribution in [0.4, 0.5) is 0 Å². The molecule has 0 aliphatic carbocycles. The number of nitrogens with zero attached hydrogens (tertiary/aromatic N) is 2. The molecule has 0 atom stereocenters. The Kier molecular flexibility index (Phi) is 4.15. The molecule has 1 aromatic carbocycles. The van der Waals surface area contributed by atoms with Crippen LogP contribution < -0.4 is 15.1 Å². The van der Waals surface area contributed by atoms with E-state index in [4.69, 9.17) is 9.15 Å². The normalized spacial score (nSPS) is 11.0. The SMILES string of the molecule is COc1cc(/C=N\NC(=O)c2cccnc2)cc2sc(=O)oc12. The first-order chi connectivity index (χ1) is 11.2. The molecule has 23 heavy (non-hydrogen) atoms. The van der Waals surface area contributed by atoms with Crippen molar-refractivity contribution in [1.82, 2.24) is 10.4 Å². The van der Waals surface area contributed by atoms with Crippen molar-refractivity contribution in [2.45, 2.75) is 0 Å². The standard InChI is InChI=1S/C15H11N3O4S/c1-21-11-5-9(6-12-13(11)22-15(20)23-12)7-17-18-14(19)10-3-2-4-16-8-10/h2-8H,1H3,(H,18,19)/b17-7-. The van der Waals surface area contributed by atoms with E-state index in [1.807, 2.05) is 0 Å². The first kappa shape index (κ1) is 14.9. The van der Waals surface area contributed by atoms with Crippen molar-refractivity contribution in [3.63, 3.8) is 0 Å². The number of carbonyl (C=O) groups is 1. The van der Waals surface area contributed by atoms with Crippen molar-refractivity contribution in [2.75, 3.05) is 7.11 Å². The second kappa shape index (κ2) is 6.41. The van der Waals surface area contributed by atoms with Crippen molar-refractivity contribution in [1.29, 1.82) is 0 Å². The Balaban J connectivity index is 1.81. The Labute approximate surface area is 134 Å². The third-order valence-corrected chi connectivity index (χ3v) is 3.72. The number of hydrogen-bond acceptors (Lipinski definition) is 7. The maximum atomic E-state index is 11.8. The number of nitrogens with one attached hydrogen (secondary N) is 1. The van der Waals surface area contributed by atoms with E-state index >= 15 is 0 Å². The molecule has 2 heterocycles. The van der Waals surface area contributed by atoms with Gasteiger partial charge in [-0.05, 0) is 29.8 Å². The summed E-state index contributed by atoms with van der Waals surface area (Å²) >= 11 is 0.973. The van der Waals surface area contributed by atoms with Crippen LogP contribution >= 0.6 is 11.3 Å². The van der Waals surface area contributed by atoms with Crippen molar-refractivity contribution in [3.05, 3.63) is 57.5 Å². The molecular formula is C15H11N3O4S. The minimum Gasteiger partial charge on any atom is -0.493 e. The van der Waals surface area contributed by atoms with Gasteiger partial charge in [0, 0.05) is 12.4 Å². The van der Waals surface area contributed by atoms with E-state index in [1.54, 1.807) is 30.5 Å². The third kappa shape index (κ3) is 3.27. The van der Waals surface area contributed by atoms with E-state index in [9.17, 15) is 9.59 Å². The average molecular weight is 329 g/mol. The molecule has 0 radical (unpaired) electrons. The van der Waals surface area contributed by atoms with Gasteiger partial charge < -0.3 is 9.15 Å². The molecule has 1 amide bonds. The van der Waals surface area contributed by atoms with Gasteiger partial charge in [0.05, 0.1) is 23.6 Å². The second-order valence-electron chi connectivity index (χ2n) is 4.45. The van der Waals surface area contributed by atoms with Gasteiger partial charge in [-0.25, -0.2) is 10.2 Å². The zero-order valence-corrected chi connectivity index (χ0v) is 12.8. The molecule has 0 saturated heterocycles. The van der Waals surface area contributed by atoms with E-state index in [0.29, 0.717) is 27.2 Å². The van der Waals surface area contributed by atoms with Crippen molar-refractivity contribution in [3.8, 4) is 5.75 Å². The molecule has 116 valence electrons. The molecule has 0 bridgehead atoms. The highest BCUT2D eigenvalue weighted by Gasteiger charge is 2.10. The number of rotatable bonds is 4. The van der Waals surface area contributed by atoms with Gasteiger partial charge in [0.1, 0.15) is 0 Å². The van der Waals surface area contributed by atoms with Gasteiger partial charge in [-0.15, -0.1) is 0 Å². The number of benzene rings is 1. The van der Waals surface area contributed by atoms with Gasteiger partial charge >= 0.3 is 4.94 Å². The summed E-state index contributed by atoms with van der Waals surface area (Å²) in [7, 11) is 1.48. The minimum absolute atomic E-state index is 0.365. The van der Waals surface area contributed by atoms with Gasteiger partial charge in [-0.2, -0.15) is 5.10 Å². The highest BCUT2D eigenvalue weighted by atomic mass is 32.1. The minimum atomic E-state index is -0.405. The molecule has 3 aromatic rings. The number of hydrogen-bond donors (Lipinski definition) is 1. The summed E-state index contributed by atoms with van der Waals surface area (Å²) in [6.45, 7) is 0. The molecular weight excluding hydrogens is 318 g/mol. The fourth-order valence-corrected chi connectivity index (χ4v) is 2.66. The van der Waals surface area contributed by atoms with Crippen molar-refractivity contribution in [2.24, 2.45) is 5.10 Å². The Morgan fingerprint density at radius 1 is 1.48 bits per heavy atom. The molecule has 0 fully saturated rings. The molecule has 0 aliphatic rings. The molecule has 7 nitrogen and oxygen atoms in total. The van der Waals surface area contributed by atoms with Crippen LogP contribution in [0.3, 0.4) is 0 Å². The van der Waals surface area contributed by atoms with Crippen LogP contribution in [0.5, 0.6) is 5.75 Å². The Morgan fingerprint density at radius 3 is 3.09 bits per heavy atom. The van der Waals surface area contributed by atoms with Gasteiger partial charge in [0.25, 0.3) is 5.91 Å². The second-order valence-corrected chi connectivity index (χ2v) is 5.42. The monoisotopic (exact) mass is 329 g/mol. The number of ether oxygens (including phenoxy) is 1. The highest BCUT2D eigenvalue weighted by Crippen LogP contribution is 2.28. The van der Waals surface area contributed by atoms with Gasteiger partial charge in [-0.3, -0.25) is 9.78 Å². The molecule has 8 heteroatoms. The zero-order valence-electron chi connectivity index (χ0n) is 12.0. The largest absolute Gasteiger partial charge is 0.493 e. The lowest BCUT2D eigenvalue weighted by atomic mass is 10.2. The van der Waals surface area contributed by atoms with E-state index in [-0.39, 0.29) is 5.91 Å². The summed E-state index contributed by atoms with van der Waals surface area (Å²) < 4.78 is 10.9. The van der Waals surface area contributed by atoms with Crippen LogP contribution in [0.15, 0.2) is 51.0 Å². The highest BCUT2D eigenvalue weighted by molar-refractivity contribution is 7.16. The topological polar surface area (TPSA) is 93.8 Å². The fourth-order valence-electron chi connectivity index (χ4n) is 1.92. The number of aromatic nitrogens is 1. The molecule has 0 aliphatic heterocycles. The maximum absolute atomic E-state index is 11.8. The Morgan fingerprint density at radius 2 is 2.35 bits per heavy atom. The number of carbonyl (C=O) groups excluding carboxylic acids is 1. The molecule has 0 unspecified atom stereocenters. The van der Waals surface area contributed by atoms with E-state index in [0.717, 1.165) is 11.3 Å². The molecule has 2 aromatic heterocycles. The van der Waals surface area contributed by atoms with Crippen molar-refractivity contribution < 1.29 is 13.9 Å². The Bertz CT molecular complexity index is 931. The lowest BCUT2D eigenvalue weighted by molar-refractivity contribution is 0.0955. The van der Waals surface area contributed by atoms with Gasteiger partial charge in [0.2, 0.25) is 0 Å². The van der Waals surface area contributed by atoms with E-state index in [1.165, 1.54) is 19.5 Å². The summed E-state index contributed by atoms with van der Waals surface area (Å²) in [6.07, 6.45) is 4.49. The first-order valence-corrected chi connectivity index (χ1v) is 7.34. The average Bonchev–Trinajstić information content (AvgIpc) is 2.95. The fraction of sp³-hybridized carbons (Fsp3) is 0.0667. The van der Waals surface area contributed by atoms with Gasteiger partial charge in [0.15, 0.2) is 11.3 Å². The number of amides is 1. The van der Waals surface area contributed by atoms with Crippen LogP contribution in [-0.2, 0) is 0 Å². The zero-order chi connectivity index (χ0) is 16.2. The first-order valence-electron chi connectivity index (χ1n) is 6.52.